The van der Waals surface area contributed by atoms with Crippen LogP contribution >= 0.6 is 28.3 Å². The van der Waals surface area contributed by atoms with E-state index in [2.05, 4.69) is 20.7 Å². The summed E-state index contributed by atoms with van der Waals surface area (Å²) in [5.41, 5.74) is 5.10. The molecule has 0 bridgehead atoms. The van der Waals surface area contributed by atoms with Crippen molar-refractivity contribution in [3.05, 3.63) is 28.2 Å². The molecule has 0 aliphatic heterocycles. The zero-order valence-electron chi connectivity index (χ0n) is 9.90. The van der Waals surface area contributed by atoms with Gasteiger partial charge in [-0.2, -0.15) is 8.78 Å². The molecule has 0 saturated heterocycles. The highest BCUT2D eigenvalue weighted by molar-refractivity contribution is 9.10. The zero-order valence-corrected chi connectivity index (χ0v) is 12.3. The molecule has 1 rings (SSSR count). The summed E-state index contributed by atoms with van der Waals surface area (Å²) in [4.78, 5) is 11.1. The maximum absolute atomic E-state index is 13.6. The third kappa shape index (κ3) is 4.02. The van der Waals surface area contributed by atoms with Crippen LogP contribution in [0.5, 0.6) is 5.75 Å². The van der Waals surface area contributed by atoms with E-state index in [1.54, 1.807) is 0 Å². The number of alkyl halides is 2. The molecular weight excluding hydrogens is 347 g/mol. The minimum Gasteiger partial charge on any atom is -0.508 e. The van der Waals surface area contributed by atoms with Crippen LogP contribution in [0.15, 0.2) is 22.7 Å². The van der Waals surface area contributed by atoms with Crippen LogP contribution in [0.2, 0.25) is 0 Å². The number of aromatic hydroxyl groups is 1. The van der Waals surface area contributed by atoms with Crippen molar-refractivity contribution < 1.29 is 23.4 Å². The molecule has 0 spiro atoms. The Labute approximate surface area is 123 Å². The number of carbonyl (C=O) groups is 1. The van der Waals surface area contributed by atoms with Gasteiger partial charge < -0.3 is 15.6 Å². The largest absolute Gasteiger partial charge is 0.508 e. The van der Waals surface area contributed by atoms with Crippen LogP contribution in [0.1, 0.15) is 18.5 Å². The summed E-state index contributed by atoms with van der Waals surface area (Å²) in [5, 5.41) is 9.54. The molecule has 0 aliphatic rings. The molecule has 0 aromatic heterocycles. The molecule has 4 nitrogen and oxygen atoms in total. The van der Waals surface area contributed by atoms with E-state index < -0.39 is 23.7 Å². The fourth-order valence-electron chi connectivity index (χ4n) is 1.33. The monoisotopic (exact) mass is 359 g/mol. The second kappa shape index (κ2) is 7.02. The van der Waals surface area contributed by atoms with E-state index in [4.69, 9.17) is 5.73 Å². The molecule has 1 atom stereocenters. The summed E-state index contributed by atoms with van der Waals surface area (Å²) in [6.07, 6.45) is 0. The Morgan fingerprint density at radius 3 is 2.63 bits per heavy atom. The van der Waals surface area contributed by atoms with Crippen LogP contribution in [0.25, 0.3) is 0 Å². The quantitative estimate of drug-likeness (QED) is 0.810. The number of rotatable bonds is 4. The number of benzene rings is 1. The van der Waals surface area contributed by atoms with Crippen LogP contribution in [-0.2, 0) is 9.53 Å². The van der Waals surface area contributed by atoms with Gasteiger partial charge in [-0.3, -0.25) is 0 Å². The maximum atomic E-state index is 13.6. The maximum Gasteiger partial charge on any atom is 0.379 e. The molecule has 1 aromatic carbocycles. The lowest BCUT2D eigenvalue weighted by molar-refractivity contribution is -0.174. The predicted octanol–water partition coefficient (Wildman–Crippen LogP) is 2.77. The lowest BCUT2D eigenvalue weighted by Crippen LogP contribution is -2.41. The second-order valence-electron chi connectivity index (χ2n) is 3.52. The van der Waals surface area contributed by atoms with Gasteiger partial charge in [0.15, 0.2) is 0 Å². The highest BCUT2D eigenvalue weighted by atomic mass is 79.9. The molecule has 0 heterocycles. The number of phenolic OH excluding ortho intramolecular Hbond substituents is 1. The van der Waals surface area contributed by atoms with Crippen molar-refractivity contribution in [3.63, 3.8) is 0 Å². The highest BCUT2D eigenvalue weighted by Crippen LogP contribution is 2.36. The third-order valence-corrected chi connectivity index (χ3v) is 2.76. The molecule has 108 valence electrons. The van der Waals surface area contributed by atoms with Crippen molar-refractivity contribution in [2.45, 2.75) is 18.9 Å². The average molecular weight is 361 g/mol. The molecule has 0 amide bonds. The number of hydrogen-bond acceptors (Lipinski definition) is 4. The van der Waals surface area contributed by atoms with Crippen molar-refractivity contribution in [3.8, 4) is 5.75 Å². The van der Waals surface area contributed by atoms with Crippen molar-refractivity contribution in [1.29, 1.82) is 0 Å². The van der Waals surface area contributed by atoms with Crippen LogP contribution in [0.3, 0.4) is 0 Å². The molecule has 0 fully saturated rings. The number of phenols is 1. The number of esters is 1. The van der Waals surface area contributed by atoms with Gasteiger partial charge in [0.25, 0.3) is 0 Å². The number of nitrogens with two attached hydrogens (primary N) is 1. The summed E-state index contributed by atoms with van der Waals surface area (Å²) < 4.78 is 32.0. The smallest absolute Gasteiger partial charge is 0.379 e. The lowest BCUT2D eigenvalue weighted by Gasteiger charge is -2.22. The van der Waals surface area contributed by atoms with E-state index in [1.807, 2.05) is 0 Å². The summed E-state index contributed by atoms with van der Waals surface area (Å²) in [6.45, 7) is 1.24. The van der Waals surface area contributed by atoms with Gasteiger partial charge in [0, 0.05) is 10.0 Å². The lowest BCUT2D eigenvalue weighted by atomic mass is 10.0. The molecule has 0 unspecified atom stereocenters. The molecule has 0 aliphatic carbocycles. The van der Waals surface area contributed by atoms with E-state index in [9.17, 15) is 18.7 Å². The van der Waals surface area contributed by atoms with Gasteiger partial charge in [-0.1, -0.05) is 22.0 Å². The van der Waals surface area contributed by atoms with Gasteiger partial charge in [0.2, 0.25) is 0 Å². The Bertz CT molecular complexity index is 460. The molecule has 0 radical (unpaired) electrons. The summed E-state index contributed by atoms with van der Waals surface area (Å²) in [6, 6.07) is 1.91. The summed E-state index contributed by atoms with van der Waals surface area (Å²) in [5.74, 6) is -6.03. The first-order valence-corrected chi connectivity index (χ1v) is 5.89. The van der Waals surface area contributed by atoms with Crippen LogP contribution in [0, 0.1) is 0 Å². The molecule has 1 aromatic rings. The molecule has 0 saturated carbocycles. The first kappa shape index (κ1) is 18.1. The first-order valence-electron chi connectivity index (χ1n) is 5.09. The van der Waals surface area contributed by atoms with E-state index in [-0.39, 0.29) is 24.6 Å². The SMILES string of the molecule is CCOC(=O)C(F)(F)[C@H](N)c1ccc(Br)cc1O.Cl. The van der Waals surface area contributed by atoms with Crippen molar-refractivity contribution in [1.82, 2.24) is 0 Å². The molecular formula is C11H13BrClF2NO3. The Morgan fingerprint density at radius 2 is 2.16 bits per heavy atom. The Morgan fingerprint density at radius 1 is 1.58 bits per heavy atom. The topological polar surface area (TPSA) is 72.5 Å². The van der Waals surface area contributed by atoms with Gasteiger partial charge in [-0.05, 0) is 19.1 Å². The van der Waals surface area contributed by atoms with Gasteiger partial charge >= 0.3 is 11.9 Å². The van der Waals surface area contributed by atoms with E-state index in [0.717, 1.165) is 0 Å². The van der Waals surface area contributed by atoms with E-state index in [0.29, 0.717) is 4.47 Å². The fourth-order valence-corrected chi connectivity index (χ4v) is 1.68. The van der Waals surface area contributed by atoms with E-state index >= 15 is 0 Å². The highest BCUT2D eigenvalue weighted by Gasteiger charge is 2.48. The molecule has 3 N–H and O–H groups in total. The van der Waals surface area contributed by atoms with E-state index in [1.165, 1.54) is 25.1 Å². The van der Waals surface area contributed by atoms with Gasteiger partial charge in [0.1, 0.15) is 11.8 Å². The van der Waals surface area contributed by atoms with Gasteiger partial charge in [-0.25, -0.2) is 4.79 Å². The molecule has 8 heteroatoms. The first-order chi connectivity index (χ1) is 8.30. The Balaban J connectivity index is 0.00000324. The normalized spacial score (nSPS) is 12.5. The number of carbonyl (C=O) groups excluding carboxylic acids is 1. The standard InChI is InChI=1S/C11H12BrF2NO3.ClH/c1-2-18-10(17)11(13,14)9(15)7-4-3-6(12)5-8(7)16;/h3-5,9,16H,2,15H2,1H3;1H/t9-;/m1./s1. The van der Waals surface area contributed by atoms with Crippen LogP contribution in [-0.4, -0.2) is 23.6 Å². The minimum atomic E-state index is -3.90. The van der Waals surface area contributed by atoms with Crippen molar-refractivity contribution in [2.24, 2.45) is 5.73 Å². The average Bonchev–Trinajstić information content (AvgIpc) is 2.28. The van der Waals surface area contributed by atoms with Crippen molar-refractivity contribution in [2.75, 3.05) is 6.61 Å². The Kier molecular flexibility index (Phi) is 6.68. The fraction of sp³-hybridized carbons (Fsp3) is 0.364. The van der Waals surface area contributed by atoms with Crippen molar-refractivity contribution >= 4 is 34.3 Å². The van der Waals surface area contributed by atoms with Crippen LogP contribution < -0.4 is 5.73 Å². The zero-order chi connectivity index (χ0) is 13.9. The van der Waals surface area contributed by atoms with Gasteiger partial charge in [-0.15, -0.1) is 12.4 Å². The predicted molar refractivity (Wildman–Crippen MR) is 71.6 cm³/mol. The minimum absolute atomic E-state index is 0. The summed E-state index contributed by atoms with van der Waals surface area (Å²) >= 11 is 3.07. The van der Waals surface area contributed by atoms with Crippen LogP contribution in [0.4, 0.5) is 8.78 Å². The Hall–Kier alpha value is -0.920. The number of halogens is 4. The van der Waals surface area contributed by atoms with Gasteiger partial charge in [0.05, 0.1) is 6.61 Å². The summed E-state index contributed by atoms with van der Waals surface area (Å²) in [7, 11) is 0. The second-order valence-corrected chi connectivity index (χ2v) is 4.44. The number of hydrogen-bond donors (Lipinski definition) is 2. The third-order valence-electron chi connectivity index (χ3n) is 2.27. The number of ether oxygens (including phenoxy) is 1. The molecule has 19 heavy (non-hydrogen) atoms.